The molecule has 0 aromatic heterocycles. The maximum Gasteiger partial charge on any atom is 0.0541 e. The van der Waals surface area contributed by atoms with Crippen LogP contribution in [0, 0.1) is 13.8 Å². The molecule has 0 bridgehead atoms. The van der Waals surface area contributed by atoms with Gasteiger partial charge >= 0.3 is 0 Å². The minimum absolute atomic E-state index is 0.798. The van der Waals surface area contributed by atoms with E-state index in [1.54, 1.807) is 0 Å². The van der Waals surface area contributed by atoms with Crippen molar-refractivity contribution < 1.29 is 0 Å². The van der Waals surface area contributed by atoms with Crippen LogP contribution in [0.15, 0.2) is 97.1 Å². The minimum atomic E-state index is 0.798. The normalized spacial score (nSPS) is 11.1. The summed E-state index contributed by atoms with van der Waals surface area (Å²) in [4.78, 5) is 2.35. The fourth-order valence-electron chi connectivity index (χ4n) is 4.23. The lowest BCUT2D eigenvalue weighted by molar-refractivity contribution is 1.30. The van der Waals surface area contributed by atoms with Gasteiger partial charge in [0.25, 0.3) is 0 Å². The summed E-state index contributed by atoms with van der Waals surface area (Å²) in [5, 5.41) is 4.72. The van der Waals surface area contributed by atoms with Gasteiger partial charge < -0.3 is 10.6 Å². The van der Waals surface area contributed by atoms with Crippen LogP contribution in [-0.2, 0) is 0 Å². The van der Waals surface area contributed by atoms with Crippen molar-refractivity contribution in [3.8, 4) is 0 Å². The molecule has 0 saturated carbocycles. The lowest BCUT2D eigenvalue weighted by atomic mass is 10.0. The second-order valence-electron chi connectivity index (χ2n) is 7.84. The van der Waals surface area contributed by atoms with Crippen LogP contribution in [-0.4, -0.2) is 0 Å². The van der Waals surface area contributed by atoms with Crippen LogP contribution in [0.4, 0.5) is 22.7 Å². The molecule has 2 heteroatoms. The van der Waals surface area contributed by atoms with Gasteiger partial charge in [0, 0.05) is 27.5 Å². The number of hydrogen-bond donors (Lipinski definition) is 1. The molecule has 0 fully saturated rings. The standard InChI is InChI=1S/C28H24N2/c1-19-11-14-21(15-12-19)30(27-17-13-20(2)22-7-3-5-9-24(22)27)28-18-16-26(29)23-8-4-6-10-25(23)28/h3-18H,29H2,1-2H3. The monoisotopic (exact) mass is 388 g/mol. The van der Waals surface area contributed by atoms with Gasteiger partial charge in [0.1, 0.15) is 0 Å². The molecule has 0 aliphatic rings. The Morgan fingerprint density at radius 1 is 0.533 bits per heavy atom. The van der Waals surface area contributed by atoms with Gasteiger partial charge in [-0.15, -0.1) is 0 Å². The molecule has 0 aliphatic carbocycles. The van der Waals surface area contributed by atoms with Crippen molar-refractivity contribution in [3.05, 3.63) is 108 Å². The Hall–Kier alpha value is -3.78. The smallest absolute Gasteiger partial charge is 0.0541 e. The maximum atomic E-state index is 6.31. The van der Waals surface area contributed by atoms with Gasteiger partial charge in [-0.2, -0.15) is 0 Å². The number of nitrogens with two attached hydrogens (primary N) is 1. The number of benzene rings is 5. The van der Waals surface area contributed by atoms with Crippen LogP contribution < -0.4 is 10.6 Å². The van der Waals surface area contributed by atoms with Crippen LogP contribution >= 0.6 is 0 Å². The topological polar surface area (TPSA) is 29.3 Å². The highest BCUT2D eigenvalue weighted by Crippen LogP contribution is 2.43. The van der Waals surface area contributed by atoms with Gasteiger partial charge in [-0.05, 0) is 55.1 Å². The fourth-order valence-corrected chi connectivity index (χ4v) is 4.23. The summed E-state index contributed by atoms with van der Waals surface area (Å²) in [6, 6.07) is 34.3. The Morgan fingerprint density at radius 2 is 1.07 bits per heavy atom. The highest BCUT2D eigenvalue weighted by Gasteiger charge is 2.18. The van der Waals surface area contributed by atoms with Crippen molar-refractivity contribution in [2.24, 2.45) is 0 Å². The molecule has 0 atom stereocenters. The zero-order valence-electron chi connectivity index (χ0n) is 17.3. The van der Waals surface area contributed by atoms with Crippen molar-refractivity contribution in [3.63, 3.8) is 0 Å². The average molecular weight is 389 g/mol. The quantitative estimate of drug-likeness (QED) is 0.321. The third-order valence-corrected chi connectivity index (χ3v) is 5.83. The molecule has 146 valence electrons. The third kappa shape index (κ3) is 2.98. The zero-order chi connectivity index (χ0) is 20.7. The van der Waals surface area contributed by atoms with Crippen molar-refractivity contribution in [2.45, 2.75) is 13.8 Å². The summed E-state index contributed by atoms with van der Waals surface area (Å²) in [5.74, 6) is 0. The van der Waals surface area contributed by atoms with E-state index in [0.29, 0.717) is 0 Å². The van der Waals surface area contributed by atoms with E-state index in [0.717, 1.165) is 33.5 Å². The van der Waals surface area contributed by atoms with Gasteiger partial charge in [0.15, 0.2) is 0 Å². The van der Waals surface area contributed by atoms with Crippen LogP contribution in [0.5, 0.6) is 0 Å². The molecule has 0 heterocycles. The van der Waals surface area contributed by atoms with Crippen LogP contribution in [0.2, 0.25) is 0 Å². The molecule has 5 rings (SSSR count). The van der Waals surface area contributed by atoms with Crippen molar-refractivity contribution in [2.75, 3.05) is 10.6 Å². The van der Waals surface area contributed by atoms with E-state index in [1.165, 1.54) is 21.9 Å². The Kier molecular flexibility index (Phi) is 4.40. The number of anilines is 4. The fraction of sp³-hybridized carbons (Fsp3) is 0.0714. The Bertz CT molecular complexity index is 1280. The molecule has 0 saturated heterocycles. The van der Waals surface area contributed by atoms with E-state index in [1.807, 2.05) is 12.1 Å². The summed E-state index contributed by atoms with van der Waals surface area (Å²) >= 11 is 0. The molecule has 30 heavy (non-hydrogen) atoms. The van der Waals surface area contributed by atoms with E-state index in [-0.39, 0.29) is 0 Å². The van der Waals surface area contributed by atoms with Crippen molar-refractivity contribution in [1.29, 1.82) is 0 Å². The number of rotatable bonds is 3. The van der Waals surface area contributed by atoms with Gasteiger partial charge in [-0.25, -0.2) is 0 Å². The second-order valence-corrected chi connectivity index (χ2v) is 7.84. The molecule has 2 nitrogen and oxygen atoms in total. The molecule has 0 spiro atoms. The number of nitrogen functional groups attached to an aromatic ring is 1. The van der Waals surface area contributed by atoms with E-state index in [9.17, 15) is 0 Å². The lowest BCUT2D eigenvalue weighted by Crippen LogP contribution is -2.11. The van der Waals surface area contributed by atoms with E-state index in [4.69, 9.17) is 5.73 Å². The summed E-state index contributed by atoms with van der Waals surface area (Å²) in [6.45, 7) is 4.29. The number of hydrogen-bond acceptors (Lipinski definition) is 2. The van der Waals surface area contributed by atoms with Gasteiger partial charge in [0.2, 0.25) is 0 Å². The minimum Gasteiger partial charge on any atom is -0.398 e. The molecule has 5 aromatic rings. The second kappa shape index (κ2) is 7.23. The summed E-state index contributed by atoms with van der Waals surface area (Å²) in [6.07, 6.45) is 0. The Labute approximate surface area is 177 Å². The van der Waals surface area contributed by atoms with Gasteiger partial charge in [0.05, 0.1) is 11.4 Å². The van der Waals surface area contributed by atoms with E-state index >= 15 is 0 Å². The van der Waals surface area contributed by atoms with E-state index in [2.05, 4.69) is 104 Å². The summed E-state index contributed by atoms with van der Waals surface area (Å²) in [7, 11) is 0. The highest BCUT2D eigenvalue weighted by molar-refractivity contribution is 6.08. The summed E-state index contributed by atoms with van der Waals surface area (Å²) in [5.41, 5.74) is 13.0. The first-order valence-corrected chi connectivity index (χ1v) is 10.3. The number of fused-ring (bicyclic) bond motifs is 2. The zero-order valence-corrected chi connectivity index (χ0v) is 17.3. The molecule has 0 amide bonds. The molecule has 0 radical (unpaired) electrons. The SMILES string of the molecule is Cc1ccc(N(c2ccc(C)c3ccccc23)c2ccc(N)c3ccccc23)cc1. The number of nitrogens with zero attached hydrogens (tertiary/aromatic N) is 1. The first-order valence-electron chi connectivity index (χ1n) is 10.3. The van der Waals surface area contributed by atoms with Crippen molar-refractivity contribution >= 4 is 44.3 Å². The number of aryl methyl sites for hydroxylation is 2. The molecule has 0 aliphatic heterocycles. The van der Waals surface area contributed by atoms with Gasteiger partial charge in [-0.1, -0.05) is 72.3 Å². The average Bonchev–Trinajstić information content (AvgIpc) is 2.78. The molecule has 5 aromatic carbocycles. The first kappa shape index (κ1) is 18.3. The van der Waals surface area contributed by atoms with Crippen molar-refractivity contribution in [1.82, 2.24) is 0 Å². The molecular weight excluding hydrogens is 364 g/mol. The van der Waals surface area contributed by atoms with Crippen LogP contribution in [0.25, 0.3) is 21.5 Å². The first-order chi connectivity index (χ1) is 14.6. The van der Waals surface area contributed by atoms with Gasteiger partial charge in [-0.3, -0.25) is 0 Å². The molecule has 2 N–H and O–H groups in total. The molecule has 0 unspecified atom stereocenters. The van der Waals surface area contributed by atoms with E-state index < -0.39 is 0 Å². The third-order valence-electron chi connectivity index (χ3n) is 5.83. The van der Waals surface area contributed by atoms with Crippen LogP contribution in [0.3, 0.4) is 0 Å². The maximum absolute atomic E-state index is 6.31. The largest absolute Gasteiger partial charge is 0.398 e. The Balaban J connectivity index is 1.86. The predicted molar refractivity (Wildman–Crippen MR) is 130 cm³/mol. The Morgan fingerprint density at radius 3 is 1.73 bits per heavy atom. The lowest BCUT2D eigenvalue weighted by Gasteiger charge is -2.29. The highest BCUT2D eigenvalue weighted by atomic mass is 15.1. The summed E-state index contributed by atoms with van der Waals surface area (Å²) < 4.78 is 0. The predicted octanol–water partition coefficient (Wildman–Crippen LogP) is 7.66. The van der Waals surface area contributed by atoms with Crippen LogP contribution in [0.1, 0.15) is 11.1 Å². The molecular formula is C28H24N2.